The molecular formula is C24H23ClF3N3O5S. The molecule has 2 aromatic heterocycles. The summed E-state index contributed by atoms with van der Waals surface area (Å²) in [5.41, 5.74) is -0.588. The van der Waals surface area contributed by atoms with Gasteiger partial charge in [-0.05, 0) is 39.3 Å². The molecule has 3 heterocycles. The van der Waals surface area contributed by atoms with Gasteiger partial charge in [0.2, 0.25) is 0 Å². The molecule has 2 atom stereocenters. The lowest BCUT2D eigenvalue weighted by molar-refractivity contribution is -0.141. The van der Waals surface area contributed by atoms with Crippen molar-refractivity contribution in [2.24, 2.45) is 0 Å². The van der Waals surface area contributed by atoms with Crippen LogP contribution in [0.25, 0.3) is 21.6 Å². The Morgan fingerprint density at radius 1 is 1.24 bits per heavy atom. The molecule has 8 nitrogen and oxygen atoms in total. The molecule has 1 aromatic carbocycles. The Bertz CT molecular complexity index is 1340. The topological polar surface area (TPSA) is 90.9 Å². The number of hydrogen-bond acceptors (Lipinski definition) is 8. The van der Waals surface area contributed by atoms with Crippen LogP contribution >= 0.6 is 22.9 Å². The number of aryl methyl sites for hydroxylation is 1. The van der Waals surface area contributed by atoms with Crippen LogP contribution in [0.1, 0.15) is 38.4 Å². The average molecular weight is 558 g/mol. The van der Waals surface area contributed by atoms with Crippen LogP contribution < -0.4 is 4.74 Å². The summed E-state index contributed by atoms with van der Waals surface area (Å²) in [5, 5.41) is 1.80. The predicted octanol–water partition coefficient (Wildman–Crippen LogP) is 6.23. The van der Waals surface area contributed by atoms with Crippen molar-refractivity contribution >= 4 is 46.4 Å². The van der Waals surface area contributed by atoms with Gasteiger partial charge < -0.3 is 14.2 Å². The lowest BCUT2D eigenvalue weighted by Gasteiger charge is -2.27. The highest BCUT2D eigenvalue weighted by molar-refractivity contribution is 7.13. The van der Waals surface area contributed by atoms with Crippen molar-refractivity contribution in [3.63, 3.8) is 0 Å². The molecule has 3 aromatic rings. The van der Waals surface area contributed by atoms with Crippen LogP contribution in [0, 0.1) is 6.92 Å². The largest absolute Gasteiger partial charge is 0.488 e. The summed E-state index contributed by atoms with van der Waals surface area (Å²) in [6.07, 6.45) is -6.66. The van der Waals surface area contributed by atoms with Gasteiger partial charge in [0, 0.05) is 23.3 Å². The molecule has 4 rings (SSSR count). The van der Waals surface area contributed by atoms with Gasteiger partial charge in [0.25, 0.3) is 6.47 Å². The van der Waals surface area contributed by atoms with Crippen molar-refractivity contribution in [3.05, 3.63) is 39.9 Å². The quantitative estimate of drug-likeness (QED) is 0.344. The second-order valence-electron chi connectivity index (χ2n) is 9.43. The predicted molar refractivity (Wildman–Crippen MR) is 131 cm³/mol. The summed E-state index contributed by atoms with van der Waals surface area (Å²) in [6, 6.07) is 4.99. The van der Waals surface area contributed by atoms with E-state index in [0.29, 0.717) is 15.9 Å². The minimum atomic E-state index is -4.60. The third-order valence-electron chi connectivity index (χ3n) is 5.44. The number of thiazole rings is 1. The number of ether oxygens (including phenoxy) is 3. The van der Waals surface area contributed by atoms with Gasteiger partial charge in [0.15, 0.2) is 11.9 Å². The summed E-state index contributed by atoms with van der Waals surface area (Å²) in [7, 11) is 0. The number of pyridine rings is 1. The molecule has 0 aliphatic carbocycles. The molecule has 198 valence electrons. The normalized spacial score (nSPS) is 18.2. The molecule has 0 radical (unpaired) electrons. The van der Waals surface area contributed by atoms with Crippen molar-refractivity contribution < 1.29 is 37.0 Å². The molecule has 1 saturated heterocycles. The molecule has 1 aliphatic heterocycles. The zero-order valence-corrected chi connectivity index (χ0v) is 21.8. The second-order valence-corrected chi connectivity index (χ2v) is 10.7. The van der Waals surface area contributed by atoms with E-state index in [1.54, 1.807) is 39.8 Å². The first-order valence-corrected chi connectivity index (χ1v) is 12.4. The fourth-order valence-electron chi connectivity index (χ4n) is 3.79. The van der Waals surface area contributed by atoms with E-state index in [1.807, 2.05) is 0 Å². The monoisotopic (exact) mass is 557 g/mol. The Kier molecular flexibility index (Phi) is 7.26. The number of halogens is 4. The van der Waals surface area contributed by atoms with Crippen molar-refractivity contribution in [1.82, 2.24) is 14.9 Å². The van der Waals surface area contributed by atoms with Crippen LogP contribution in [0.15, 0.2) is 23.6 Å². The van der Waals surface area contributed by atoms with E-state index in [4.69, 9.17) is 25.8 Å². The van der Waals surface area contributed by atoms with Gasteiger partial charge in [-0.1, -0.05) is 17.7 Å². The molecule has 1 fully saturated rings. The summed E-state index contributed by atoms with van der Waals surface area (Å²) in [5.74, 6) is 0.284. The number of benzene rings is 1. The summed E-state index contributed by atoms with van der Waals surface area (Å²) < 4.78 is 56.1. The van der Waals surface area contributed by atoms with Crippen molar-refractivity contribution in [2.75, 3.05) is 6.54 Å². The van der Waals surface area contributed by atoms with Crippen molar-refractivity contribution in [3.8, 4) is 16.5 Å². The number of carbonyl (C=O) groups excluding carboxylic acids is 2. The fraction of sp³-hybridized carbons (Fsp3) is 0.417. The second kappa shape index (κ2) is 9.97. The number of alkyl halides is 3. The van der Waals surface area contributed by atoms with Gasteiger partial charge in [-0.25, -0.2) is 14.8 Å². The number of carbonyl (C=O) groups is 2. The lowest BCUT2D eigenvalue weighted by Crippen LogP contribution is -2.41. The van der Waals surface area contributed by atoms with Crippen molar-refractivity contribution in [1.29, 1.82) is 0 Å². The first-order valence-electron chi connectivity index (χ1n) is 11.1. The first-order chi connectivity index (χ1) is 17.3. The van der Waals surface area contributed by atoms with Crippen LogP contribution in [-0.2, 0) is 20.4 Å². The van der Waals surface area contributed by atoms with Crippen molar-refractivity contribution in [2.45, 2.75) is 58.2 Å². The Morgan fingerprint density at radius 2 is 1.97 bits per heavy atom. The van der Waals surface area contributed by atoms with Crippen LogP contribution in [0.5, 0.6) is 5.75 Å². The smallest absolute Gasteiger partial charge is 0.434 e. The number of aromatic nitrogens is 2. The van der Waals surface area contributed by atoms with E-state index >= 15 is 0 Å². The SMILES string of the molecule is Cc1ccc2c(OC3C[C@H](OC=O)N(C(=O)OC(C)(C)C)C3)cc(-c3nc(C(F)(F)F)cs3)nc2c1Cl. The van der Waals surface area contributed by atoms with E-state index in [2.05, 4.69) is 9.97 Å². The minimum Gasteiger partial charge on any atom is -0.488 e. The molecule has 0 bridgehead atoms. The van der Waals surface area contributed by atoms with Gasteiger partial charge in [-0.15, -0.1) is 11.3 Å². The highest BCUT2D eigenvalue weighted by Gasteiger charge is 2.40. The highest BCUT2D eigenvalue weighted by atomic mass is 35.5. The maximum Gasteiger partial charge on any atom is 0.434 e. The van der Waals surface area contributed by atoms with Gasteiger partial charge in [0.1, 0.15) is 28.2 Å². The van der Waals surface area contributed by atoms with Crippen LogP contribution in [0.2, 0.25) is 5.02 Å². The van der Waals surface area contributed by atoms with E-state index in [-0.39, 0.29) is 35.9 Å². The fourth-order valence-corrected chi connectivity index (χ4v) is 4.78. The zero-order valence-electron chi connectivity index (χ0n) is 20.3. The standard InChI is InChI=1S/C24H23ClF3N3O5S/c1-12-5-6-14-16(35-13-7-18(34-11-32)31(9-13)22(33)36-23(2,3)4)8-15(29-20(14)19(12)25)21-30-17(10-37-21)24(26,27)28/h5-6,8,10-11,13,18H,7,9H2,1-4H3/t13?,18-/m0/s1. The van der Waals surface area contributed by atoms with Gasteiger partial charge in [0.05, 0.1) is 17.1 Å². The number of amides is 1. The maximum atomic E-state index is 13.1. The summed E-state index contributed by atoms with van der Waals surface area (Å²) in [4.78, 5) is 33.2. The maximum absolute atomic E-state index is 13.1. The lowest BCUT2D eigenvalue weighted by atomic mass is 10.1. The molecular weight excluding hydrogens is 535 g/mol. The Morgan fingerprint density at radius 3 is 2.59 bits per heavy atom. The molecule has 13 heteroatoms. The van der Waals surface area contributed by atoms with Gasteiger partial charge >= 0.3 is 12.3 Å². The number of nitrogens with zero attached hydrogens (tertiary/aromatic N) is 3. The minimum absolute atomic E-state index is 0.0422. The molecule has 1 aliphatic rings. The Labute approximate surface area is 219 Å². The van der Waals surface area contributed by atoms with E-state index in [0.717, 1.165) is 22.3 Å². The molecule has 37 heavy (non-hydrogen) atoms. The van der Waals surface area contributed by atoms with E-state index < -0.39 is 35.9 Å². The number of fused-ring (bicyclic) bond motifs is 1. The van der Waals surface area contributed by atoms with Gasteiger partial charge in [-0.3, -0.25) is 9.69 Å². The average Bonchev–Trinajstić information content (AvgIpc) is 3.43. The van der Waals surface area contributed by atoms with E-state index in [9.17, 15) is 22.8 Å². The summed E-state index contributed by atoms with van der Waals surface area (Å²) >= 11 is 7.29. The van der Waals surface area contributed by atoms with Gasteiger partial charge in [-0.2, -0.15) is 13.2 Å². The molecule has 1 unspecified atom stereocenters. The van der Waals surface area contributed by atoms with Crippen LogP contribution in [0.3, 0.4) is 0 Å². The van der Waals surface area contributed by atoms with Crippen LogP contribution in [0.4, 0.5) is 18.0 Å². The van der Waals surface area contributed by atoms with Crippen LogP contribution in [-0.4, -0.2) is 51.9 Å². The number of rotatable bonds is 5. The van der Waals surface area contributed by atoms with E-state index in [1.165, 1.54) is 11.0 Å². The molecule has 1 amide bonds. The molecule has 0 saturated carbocycles. The number of hydrogen-bond donors (Lipinski definition) is 0. The zero-order chi connectivity index (χ0) is 27.1. The third kappa shape index (κ3) is 5.90. The highest BCUT2D eigenvalue weighted by Crippen LogP contribution is 2.39. The number of likely N-dealkylation sites (tertiary alicyclic amines) is 1. The summed E-state index contributed by atoms with van der Waals surface area (Å²) in [6.45, 7) is 7.20. The molecule has 0 N–H and O–H groups in total. The third-order valence-corrected chi connectivity index (χ3v) is 6.78. The Hall–Kier alpha value is -3.12. The molecule has 0 spiro atoms. The Balaban J connectivity index is 1.71. The first kappa shape index (κ1) is 26.9.